The van der Waals surface area contributed by atoms with Crippen LogP contribution in [0.2, 0.25) is 0 Å². The molecule has 1 aliphatic rings. The van der Waals surface area contributed by atoms with Crippen LogP contribution in [0.5, 0.6) is 5.75 Å². The van der Waals surface area contributed by atoms with Gasteiger partial charge in [-0.3, -0.25) is 9.47 Å². The number of piperidine rings is 1. The first-order chi connectivity index (χ1) is 17.7. The van der Waals surface area contributed by atoms with Crippen LogP contribution in [0.15, 0.2) is 78.9 Å². The van der Waals surface area contributed by atoms with Gasteiger partial charge in [0, 0.05) is 16.5 Å². The van der Waals surface area contributed by atoms with Gasteiger partial charge in [0.1, 0.15) is 5.75 Å². The van der Waals surface area contributed by atoms with Gasteiger partial charge in [-0.2, -0.15) is 0 Å². The fraction of sp³-hybridized carbons (Fsp3) is 0.241. The van der Waals surface area contributed by atoms with Gasteiger partial charge in [0.15, 0.2) is 5.82 Å². The summed E-state index contributed by atoms with van der Waals surface area (Å²) in [5, 5.41) is 6.24. The summed E-state index contributed by atoms with van der Waals surface area (Å²) in [5.74, 6) is 1.62. The maximum absolute atomic E-state index is 6.05. The molecule has 0 bridgehead atoms. The number of methoxy groups -OCH3 is 1. The van der Waals surface area contributed by atoms with Crippen LogP contribution < -0.4 is 4.74 Å². The Kier molecular flexibility index (Phi) is 6.17. The van der Waals surface area contributed by atoms with Crippen LogP contribution >= 0.6 is 12.2 Å². The standard InChI is InChI=1S/C29H29N5OS/c1-35-23-15-16-25-24(19-23)26(21-11-5-2-6-12-21)27(30-25)28-31-33(20-32-17-9-4-10-18-32)29(36)34(28)22-13-7-3-8-14-22/h2-3,5-8,11-16,19,30H,4,9-10,17-18,20H2,1H3. The van der Waals surface area contributed by atoms with E-state index in [1.165, 1.54) is 19.3 Å². The molecule has 6 nitrogen and oxygen atoms in total. The first kappa shape index (κ1) is 22.8. The minimum Gasteiger partial charge on any atom is -0.497 e. The average molecular weight is 496 g/mol. The van der Waals surface area contributed by atoms with Crippen molar-refractivity contribution in [3.63, 3.8) is 0 Å². The van der Waals surface area contributed by atoms with Crippen molar-refractivity contribution >= 4 is 23.1 Å². The molecule has 1 aliphatic heterocycles. The number of nitrogens with zero attached hydrogens (tertiary/aromatic N) is 4. The van der Waals surface area contributed by atoms with E-state index in [0.717, 1.165) is 58.1 Å². The number of H-pyrrole nitrogens is 1. The van der Waals surface area contributed by atoms with Crippen LogP contribution in [-0.2, 0) is 6.67 Å². The molecule has 0 aliphatic carbocycles. The second-order valence-electron chi connectivity index (χ2n) is 9.25. The van der Waals surface area contributed by atoms with Gasteiger partial charge in [-0.05, 0) is 74.0 Å². The molecule has 3 heterocycles. The maximum atomic E-state index is 6.05. The molecule has 7 heteroatoms. The predicted octanol–water partition coefficient (Wildman–Crippen LogP) is 6.67. The lowest BCUT2D eigenvalue weighted by Crippen LogP contribution is -2.32. The Hall–Kier alpha value is -3.68. The number of ether oxygens (including phenoxy) is 1. The molecule has 5 aromatic rings. The second kappa shape index (κ2) is 9.76. The number of hydrogen-bond donors (Lipinski definition) is 1. The summed E-state index contributed by atoms with van der Waals surface area (Å²) >= 11 is 6.05. The van der Waals surface area contributed by atoms with Crippen LogP contribution in [-0.4, -0.2) is 44.4 Å². The highest BCUT2D eigenvalue weighted by molar-refractivity contribution is 7.71. The van der Waals surface area contributed by atoms with Crippen LogP contribution in [0.3, 0.4) is 0 Å². The minimum atomic E-state index is 0.692. The van der Waals surface area contributed by atoms with Crippen LogP contribution in [0, 0.1) is 4.77 Å². The van der Waals surface area contributed by atoms with E-state index >= 15 is 0 Å². The molecule has 1 saturated heterocycles. The van der Waals surface area contributed by atoms with Gasteiger partial charge >= 0.3 is 0 Å². The number of para-hydroxylation sites is 1. The van der Waals surface area contributed by atoms with E-state index in [9.17, 15) is 0 Å². The number of nitrogens with one attached hydrogen (secondary N) is 1. The zero-order valence-corrected chi connectivity index (χ0v) is 21.2. The summed E-state index contributed by atoms with van der Waals surface area (Å²) in [6, 6.07) is 26.8. The van der Waals surface area contributed by atoms with E-state index in [1.807, 2.05) is 35.0 Å². The van der Waals surface area contributed by atoms with Crippen molar-refractivity contribution in [1.29, 1.82) is 0 Å². The molecule has 6 rings (SSSR count). The van der Waals surface area contributed by atoms with E-state index in [1.54, 1.807) is 7.11 Å². The van der Waals surface area contributed by atoms with E-state index in [-0.39, 0.29) is 0 Å². The van der Waals surface area contributed by atoms with Crippen molar-refractivity contribution in [2.75, 3.05) is 20.2 Å². The number of hydrogen-bond acceptors (Lipinski definition) is 4. The fourth-order valence-electron chi connectivity index (χ4n) is 5.13. The molecule has 0 atom stereocenters. The highest BCUT2D eigenvalue weighted by Crippen LogP contribution is 2.40. The molecule has 3 aromatic carbocycles. The fourth-order valence-corrected chi connectivity index (χ4v) is 5.42. The monoisotopic (exact) mass is 495 g/mol. The summed E-state index contributed by atoms with van der Waals surface area (Å²) < 4.78 is 10.3. The van der Waals surface area contributed by atoms with Gasteiger partial charge in [-0.15, -0.1) is 5.10 Å². The van der Waals surface area contributed by atoms with E-state index in [4.69, 9.17) is 22.1 Å². The number of benzene rings is 3. The largest absolute Gasteiger partial charge is 0.497 e. The Morgan fingerprint density at radius 3 is 2.36 bits per heavy atom. The van der Waals surface area contributed by atoms with Gasteiger partial charge in [-0.1, -0.05) is 55.0 Å². The molecule has 0 radical (unpaired) electrons. The second-order valence-corrected chi connectivity index (χ2v) is 9.61. The maximum Gasteiger partial charge on any atom is 0.204 e. The predicted molar refractivity (Wildman–Crippen MR) is 147 cm³/mol. The van der Waals surface area contributed by atoms with E-state index in [0.29, 0.717) is 11.4 Å². The number of aromatic amines is 1. The van der Waals surface area contributed by atoms with Crippen molar-refractivity contribution in [2.45, 2.75) is 25.9 Å². The first-order valence-corrected chi connectivity index (χ1v) is 12.9. The smallest absolute Gasteiger partial charge is 0.204 e. The van der Waals surface area contributed by atoms with Crippen molar-refractivity contribution in [3.05, 3.63) is 83.6 Å². The van der Waals surface area contributed by atoms with Gasteiger partial charge in [-0.25, -0.2) is 4.68 Å². The summed E-state index contributed by atoms with van der Waals surface area (Å²) in [7, 11) is 1.70. The molecule has 0 spiro atoms. The third-order valence-electron chi connectivity index (χ3n) is 6.93. The molecule has 1 fully saturated rings. The average Bonchev–Trinajstić information content (AvgIpc) is 3.47. The molecule has 0 unspecified atom stereocenters. The first-order valence-electron chi connectivity index (χ1n) is 12.5. The zero-order chi connectivity index (χ0) is 24.5. The van der Waals surface area contributed by atoms with Crippen molar-refractivity contribution in [2.24, 2.45) is 0 Å². The number of aromatic nitrogens is 4. The lowest BCUT2D eigenvalue weighted by atomic mass is 10.0. The molecular weight excluding hydrogens is 466 g/mol. The molecule has 36 heavy (non-hydrogen) atoms. The van der Waals surface area contributed by atoms with Crippen molar-refractivity contribution < 1.29 is 4.74 Å². The Morgan fingerprint density at radius 2 is 1.64 bits per heavy atom. The molecular formula is C29H29N5OS. The normalized spacial score (nSPS) is 14.4. The third kappa shape index (κ3) is 4.14. The van der Waals surface area contributed by atoms with Crippen LogP contribution in [0.4, 0.5) is 0 Å². The minimum absolute atomic E-state index is 0.692. The summed E-state index contributed by atoms with van der Waals surface area (Å²) in [5.41, 5.74) is 5.17. The zero-order valence-electron chi connectivity index (χ0n) is 20.4. The molecule has 2 aromatic heterocycles. The SMILES string of the molecule is COc1ccc2[nH]c(-c3nn(CN4CCCCC4)c(=S)n3-c3ccccc3)c(-c3ccccc3)c2c1. The molecule has 1 N–H and O–H groups in total. The molecule has 0 saturated carbocycles. The van der Waals surface area contributed by atoms with Gasteiger partial charge < -0.3 is 9.72 Å². The Balaban J connectivity index is 1.60. The Bertz CT molecular complexity index is 1550. The summed E-state index contributed by atoms with van der Waals surface area (Å²) in [6.45, 7) is 2.86. The van der Waals surface area contributed by atoms with Gasteiger partial charge in [0.2, 0.25) is 4.77 Å². The van der Waals surface area contributed by atoms with Crippen molar-refractivity contribution in [1.82, 2.24) is 24.2 Å². The van der Waals surface area contributed by atoms with Gasteiger partial charge in [0.05, 0.1) is 25.2 Å². The quantitative estimate of drug-likeness (QED) is 0.267. The number of likely N-dealkylation sites (tertiary alicyclic amines) is 1. The molecule has 0 amide bonds. The van der Waals surface area contributed by atoms with Crippen LogP contribution in [0.1, 0.15) is 19.3 Å². The van der Waals surface area contributed by atoms with E-state index < -0.39 is 0 Å². The topological polar surface area (TPSA) is 51.0 Å². The number of rotatable bonds is 6. The highest BCUT2D eigenvalue weighted by atomic mass is 32.1. The van der Waals surface area contributed by atoms with E-state index in [2.05, 4.69) is 63.0 Å². The van der Waals surface area contributed by atoms with Crippen LogP contribution in [0.25, 0.3) is 39.2 Å². The molecule has 182 valence electrons. The Morgan fingerprint density at radius 1 is 0.917 bits per heavy atom. The number of fused-ring (bicyclic) bond motifs is 1. The Labute approximate surface area is 215 Å². The van der Waals surface area contributed by atoms with Gasteiger partial charge in [0.25, 0.3) is 0 Å². The summed E-state index contributed by atoms with van der Waals surface area (Å²) in [6.07, 6.45) is 3.74. The van der Waals surface area contributed by atoms with Crippen molar-refractivity contribution in [3.8, 4) is 34.1 Å². The lowest BCUT2D eigenvalue weighted by Gasteiger charge is -2.25. The highest BCUT2D eigenvalue weighted by Gasteiger charge is 2.23. The third-order valence-corrected chi connectivity index (χ3v) is 7.32. The summed E-state index contributed by atoms with van der Waals surface area (Å²) in [4.78, 5) is 6.12. The lowest BCUT2D eigenvalue weighted by molar-refractivity contribution is 0.172.